The molecule has 23 heavy (non-hydrogen) atoms. The van der Waals surface area contributed by atoms with E-state index in [4.69, 9.17) is 9.47 Å². The fourth-order valence-corrected chi connectivity index (χ4v) is 2.86. The number of hydrogen-bond acceptors (Lipinski definition) is 7. The fourth-order valence-electron chi connectivity index (χ4n) is 2.86. The zero-order valence-electron chi connectivity index (χ0n) is 12.1. The van der Waals surface area contributed by atoms with E-state index < -0.39 is 6.10 Å². The number of amides is 1. The van der Waals surface area contributed by atoms with Crippen LogP contribution in [-0.2, 0) is 9.47 Å². The molecule has 120 valence electrons. The van der Waals surface area contributed by atoms with Crippen LogP contribution in [0, 0.1) is 0 Å². The lowest BCUT2D eigenvalue weighted by Crippen LogP contribution is -2.44. The molecular formula is C14H15N5O4. The molecule has 9 nitrogen and oxygen atoms in total. The molecule has 0 aromatic carbocycles. The minimum atomic E-state index is -0.642. The van der Waals surface area contributed by atoms with Crippen LogP contribution >= 0.6 is 0 Å². The van der Waals surface area contributed by atoms with Crippen molar-refractivity contribution in [1.82, 2.24) is 25.1 Å². The van der Waals surface area contributed by atoms with E-state index in [9.17, 15) is 9.90 Å². The molecule has 2 aliphatic heterocycles. The molecule has 2 saturated heterocycles. The Labute approximate surface area is 131 Å². The third-order valence-electron chi connectivity index (χ3n) is 3.99. The standard InChI is InChI=1S/C14H15N5O4/c20-10-5-23-12-9(4-22-13(10)12)18-14(21)8-2-1-3-11(17-8)19-6-15-16-7-19/h1-3,6-7,9-10,12-13,20H,4-5H2,(H,18,21)/t9-,10-,12-,13-/m1/s1. The average Bonchev–Trinajstić information content (AvgIpc) is 3.29. The van der Waals surface area contributed by atoms with E-state index in [1.165, 1.54) is 12.7 Å². The number of hydrogen-bond donors (Lipinski definition) is 2. The average molecular weight is 317 g/mol. The number of pyridine rings is 1. The van der Waals surface area contributed by atoms with E-state index >= 15 is 0 Å². The molecule has 9 heteroatoms. The van der Waals surface area contributed by atoms with Crippen molar-refractivity contribution in [1.29, 1.82) is 0 Å². The van der Waals surface area contributed by atoms with Crippen LogP contribution in [0.15, 0.2) is 30.9 Å². The highest BCUT2D eigenvalue weighted by atomic mass is 16.6. The van der Waals surface area contributed by atoms with Crippen LogP contribution in [0.3, 0.4) is 0 Å². The summed E-state index contributed by atoms with van der Waals surface area (Å²) in [6.45, 7) is 0.534. The second-order valence-electron chi connectivity index (χ2n) is 5.49. The highest BCUT2D eigenvalue weighted by molar-refractivity contribution is 5.92. The third-order valence-corrected chi connectivity index (χ3v) is 3.99. The number of carbonyl (C=O) groups excluding carboxylic acids is 1. The van der Waals surface area contributed by atoms with E-state index in [-0.39, 0.29) is 36.5 Å². The van der Waals surface area contributed by atoms with Gasteiger partial charge in [-0.05, 0) is 12.1 Å². The quantitative estimate of drug-likeness (QED) is 0.740. The molecule has 0 spiro atoms. The maximum atomic E-state index is 12.4. The van der Waals surface area contributed by atoms with Gasteiger partial charge in [-0.15, -0.1) is 10.2 Å². The highest BCUT2D eigenvalue weighted by Gasteiger charge is 2.47. The van der Waals surface area contributed by atoms with Gasteiger partial charge in [-0.2, -0.15) is 0 Å². The van der Waals surface area contributed by atoms with Gasteiger partial charge >= 0.3 is 0 Å². The second-order valence-corrected chi connectivity index (χ2v) is 5.49. The molecule has 0 radical (unpaired) electrons. The van der Waals surface area contributed by atoms with Crippen LogP contribution in [0.1, 0.15) is 10.5 Å². The first-order valence-corrected chi connectivity index (χ1v) is 7.26. The summed E-state index contributed by atoms with van der Waals surface area (Å²) in [5.41, 5.74) is 0.276. The fraction of sp³-hybridized carbons (Fsp3) is 0.429. The first-order chi connectivity index (χ1) is 11.2. The van der Waals surface area contributed by atoms with Gasteiger partial charge in [0.1, 0.15) is 42.5 Å². The SMILES string of the molecule is O=C(N[C@@H]1CO[C@H]2[C@@H]1OC[C@H]2O)c1cccc(-n2cnnc2)n1. The highest BCUT2D eigenvalue weighted by Crippen LogP contribution is 2.27. The molecule has 0 bridgehead atoms. The van der Waals surface area contributed by atoms with Crippen LogP contribution in [0.2, 0.25) is 0 Å². The number of carbonyl (C=O) groups is 1. The van der Waals surface area contributed by atoms with Crippen LogP contribution in [0.5, 0.6) is 0 Å². The number of nitrogens with zero attached hydrogens (tertiary/aromatic N) is 4. The Hall–Kier alpha value is -2.36. The molecule has 2 aromatic rings. The van der Waals surface area contributed by atoms with Crippen molar-refractivity contribution in [3.63, 3.8) is 0 Å². The minimum absolute atomic E-state index is 0.225. The number of fused-ring (bicyclic) bond motifs is 1. The van der Waals surface area contributed by atoms with E-state index in [2.05, 4.69) is 20.5 Å². The summed E-state index contributed by atoms with van der Waals surface area (Å²) in [7, 11) is 0. The topological polar surface area (TPSA) is 111 Å². The Morgan fingerprint density at radius 3 is 2.83 bits per heavy atom. The van der Waals surface area contributed by atoms with Crippen molar-refractivity contribution in [2.45, 2.75) is 24.4 Å². The first kappa shape index (κ1) is 14.2. The summed E-state index contributed by atoms with van der Waals surface area (Å²) in [5, 5.41) is 20.0. The predicted molar refractivity (Wildman–Crippen MR) is 75.9 cm³/mol. The molecule has 2 aromatic heterocycles. The van der Waals surface area contributed by atoms with Crippen LogP contribution < -0.4 is 5.32 Å². The van der Waals surface area contributed by atoms with Gasteiger partial charge in [-0.1, -0.05) is 6.07 Å². The summed E-state index contributed by atoms with van der Waals surface area (Å²) >= 11 is 0. The number of ether oxygens (including phenoxy) is 2. The molecule has 2 aliphatic rings. The Balaban J connectivity index is 1.49. The van der Waals surface area contributed by atoms with Gasteiger partial charge in [0.05, 0.1) is 19.3 Å². The smallest absolute Gasteiger partial charge is 0.270 e. The summed E-state index contributed by atoms with van der Waals surface area (Å²) in [4.78, 5) is 16.7. The summed E-state index contributed by atoms with van der Waals surface area (Å²) < 4.78 is 12.6. The monoisotopic (exact) mass is 317 g/mol. The predicted octanol–water partition coefficient (Wildman–Crippen LogP) is -1.08. The normalized spacial score (nSPS) is 29.4. The van der Waals surface area contributed by atoms with Gasteiger partial charge in [0, 0.05) is 0 Å². The van der Waals surface area contributed by atoms with Crippen molar-refractivity contribution < 1.29 is 19.4 Å². The molecule has 4 rings (SSSR count). The molecule has 0 unspecified atom stereocenters. The van der Waals surface area contributed by atoms with Crippen molar-refractivity contribution in [3.05, 3.63) is 36.5 Å². The molecular weight excluding hydrogens is 302 g/mol. The van der Waals surface area contributed by atoms with Crippen LogP contribution in [-0.4, -0.2) is 68.3 Å². The molecule has 2 N–H and O–H groups in total. The van der Waals surface area contributed by atoms with Gasteiger partial charge in [0.15, 0.2) is 0 Å². The van der Waals surface area contributed by atoms with Gasteiger partial charge in [-0.25, -0.2) is 4.98 Å². The van der Waals surface area contributed by atoms with Gasteiger partial charge in [0.2, 0.25) is 0 Å². The number of aliphatic hydroxyl groups is 1. The molecule has 0 aliphatic carbocycles. The zero-order valence-corrected chi connectivity index (χ0v) is 12.1. The third kappa shape index (κ3) is 2.58. The lowest BCUT2D eigenvalue weighted by molar-refractivity contribution is 0.0178. The van der Waals surface area contributed by atoms with E-state index in [0.29, 0.717) is 12.4 Å². The maximum absolute atomic E-state index is 12.4. The number of aliphatic hydroxyl groups excluding tert-OH is 1. The van der Waals surface area contributed by atoms with E-state index in [0.717, 1.165) is 0 Å². The summed E-state index contributed by atoms with van der Waals surface area (Å²) in [5.74, 6) is 0.231. The lowest BCUT2D eigenvalue weighted by atomic mass is 10.1. The van der Waals surface area contributed by atoms with Crippen molar-refractivity contribution >= 4 is 5.91 Å². The number of rotatable bonds is 3. The molecule has 0 saturated carbocycles. The van der Waals surface area contributed by atoms with Gasteiger partial charge in [-0.3, -0.25) is 9.36 Å². The number of nitrogens with one attached hydrogen (secondary N) is 1. The Morgan fingerprint density at radius 1 is 1.22 bits per heavy atom. The van der Waals surface area contributed by atoms with E-state index in [1.54, 1.807) is 22.8 Å². The molecule has 1 amide bonds. The molecule has 4 atom stereocenters. The summed E-state index contributed by atoms with van der Waals surface area (Å²) in [6.07, 6.45) is 1.67. The van der Waals surface area contributed by atoms with E-state index in [1.807, 2.05) is 0 Å². The molecule has 4 heterocycles. The van der Waals surface area contributed by atoms with Gasteiger partial charge in [0.25, 0.3) is 5.91 Å². The van der Waals surface area contributed by atoms with Crippen molar-refractivity contribution in [3.8, 4) is 5.82 Å². The van der Waals surface area contributed by atoms with Crippen molar-refractivity contribution in [2.75, 3.05) is 13.2 Å². The largest absolute Gasteiger partial charge is 0.388 e. The second kappa shape index (κ2) is 5.69. The summed E-state index contributed by atoms with van der Waals surface area (Å²) in [6, 6.07) is 4.82. The van der Waals surface area contributed by atoms with Gasteiger partial charge < -0.3 is 19.9 Å². The lowest BCUT2D eigenvalue weighted by Gasteiger charge is -2.17. The Morgan fingerprint density at radius 2 is 2.00 bits per heavy atom. The Bertz CT molecular complexity index is 707. The zero-order chi connectivity index (χ0) is 15.8. The minimum Gasteiger partial charge on any atom is -0.388 e. The van der Waals surface area contributed by atoms with Crippen LogP contribution in [0.25, 0.3) is 5.82 Å². The van der Waals surface area contributed by atoms with Crippen LogP contribution in [0.4, 0.5) is 0 Å². The maximum Gasteiger partial charge on any atom is 0.270 e. The Kier molecular flexibility index (Phi) is 3.52. The number of aromatic nitrogens is 4. The van der Waals surface area contributed by atoms with Crippen molar-refractivity contribution in [2.24, 2.45) is 0 Å². The first-order valence-electron chi connectivity index (χ1n) is 7.26. The molecule has 2 fully saturated rings.